The maximum atomic E-state index is 13.0. The monoisotopic (exact) mass is 257 g/mol. The minimum absolute atomic E-state index is 0.0529. The van der Waals surface area contributed by atoms with Crippen molar-refractivity contribution < 1.29 is 9.13 Å². The second-order valence-electron chi connectivity index (χ2n) is 4.68. The van der Waals surface area contributed by atoms with Crippen LogP contribution in [0, 0.1) is 5.82 Å². The fourth-order valence-electron chi connectivity index (χ4n) is 2.41. The average Bonchev–Trinajstić information content (AvgIpc) is 2.42. The standard InChI is InChI=1S/C16H16FNO/c17-13-8-6-12(7-9-13)16-14-4-1-2-5-15(14)19-11-3-10-18-16/h1-2,4-9,16,18H,3,10-11H2. The van der Waals surface area contributed by atoms with Crippen LogP contribution in [-0.2, 0) is 0 Å². The van der Waals surface area contributed by atoms with Crippen molar-refractivity contribution >= 4 is 0 Å². The summed E-state index contributed by atoms with van der Waals surface area (Å²) < 4.78 is 18.8. The van der Waals surface area contributed by atoms with E-state index in [-0.39, 0.29) is 11.9 Å². The molecule has 2 nitrogen and oxygen atoms in total. The molecule has 3 heteroatoms. The summed E-state index contributed by atoms with van der Waals surface area (Å²) in [6, 6.07) is 14.7. The predicted octanol–water partition coefficient (Wildman–Crippen LogP) is 3.29. The molecule has 3 rings (SSSR count). The lowest BCUT2D eigenvalue weighted by molar-refractivity contribution is 0.290. The topological polar surface area (TPSA) is 21.3 Å². The Morgan fingerprint density at radius 1 is 1.05 bits per heavy atom. The normalized spacial score (nSPS) is 18.9. The van der Waals surface area contributed by atoms with E-state index in [1.165, 1.54) is 12.1 Å². The van der Waals surface area contributed by atoms with Crippen molar-refractivity contribution in [2.24, 2.45) is 0 Å². The fraction of sp³-hybridized carbons (Fsp3) is 0.250. The summed E-state index contributed by atoms with van der Waals surface area (Å²) in [5.41, 5.74) is 2.16. The molecule has 0 saturated heterocycles. The molecule has 19 heavy (non-hydrogen) atoms. The Bertz CT molecular complexity index is 553. The van der Waals surface area contributed by atoms with Crippen LogP contribution in [0.3, 0.4) is 0 Å². The van der Waals surface area contributed by atoms with E-state index >= 15 is 0 Å². The number of para-hydroxylation sites is 1. The van der Waals surface area contributed by atoms with E-state index in [9.17, 15) is 4.39 Å². The van der Waals surface area contributed by atoms with Crippen molar-refractivity contribution in [3.05, 3.63) is 65.5 Å². The van der Waals surface area contributed by atoms with Crippen LogP contribution in [-0.4, -0.2) is 13.2 Å². The van der Waals surface area contributed by atoms with E-state index < -0.39 is 0 Å². The van der Waals surface area contributed by atoms with Crippen LogP contribution >= 0.6 is 0 Å². The molecule has 0 aliphatic carbocycles. The third-order valence-corrected chi connectivity index (χ3v) is 3.36. The van der Waals surface area contributed by atoms with Gasteiger partial charge in [0.25, 0.3) is 0 Å². The van der Waals surface area contributed by atoms with Crippen LogP contribution in [0.25, 0.3) is 0 Å². The molecule has 1 unspecified atom stereocenters. The van der Waals surface area contributed by atoms with Gasteiger partial charge < -0.3 is 10.1 Å². The molecule has 2 aromatic carbocycles. The van der Waals surface area contributed by atoms with Gasteiger partial charge in [0.1, 0.15) is 11.6 Å². The summed E-state index contributed by atoms with van der Waals surface area (Å²) in [6.07, 6.45) is 0.964. The molecule has 98 valence electrons. The molecule has 0 fully saturated rings. The van der Waals surface area contributed by atoms with Crippen LogP contribution in [0.1, 0.15) is 23.6 Å². The lowest BCUT2D eigenvalue weighted by atomic mass is 9.97. The Morgan fingerprint density at radius 3 is 2.68 bits per heavy atom. The molecule has 2 aromatic rings. The second kappa shape index (κ2) is 5.41. The Kier molecular flexibility index (Phi) is 3.47. The lowest BCUT2D eigenvalue weighted by Crippen LogP contribution is -2.27. The molecule has 1 atom stereocenters. The predicted molar refractivity (Wildman–Crippen MR) is 72.8 cm³/mol. The van der Waals surface area contributed by atoms with Gasteiger partial charge >= 0.3 is 0 Å². The number of halogens is 1. The highest BCUT2D eigenvalue weighted by Crippen LogP contribution is 2.31. The molecule has 0 amide bonds. The first kappa shape index (κ1) is 12.2. The highest BCUT2D eigenvalue weighted by molar-refractivity contribution is 5.41. The molecule has 1 heterocycles. The third kappa shape index (κ3) is 2.61. The summed E-state index contributed by atoms with van der Waals surface area (Å²) in [7, 11) is 0. The van der Waals surface area contributed by atoms with Crippen molar-refractivity contribution in [3.8, 4) is 5.75 Å². The largest absolute Gasteiger partial charge is 0.493 e. The zero-order valence-electron chi connectivity index (χ0n) is 10.6. The Morgan fingerprint density at radius 2 is 1.84 bits per heavy atom. The minimum atomic E-state index is -0.209. The molecule has 0 bridgehead atoms. The van der Waals surface area contributed by atoms with Gasteiger partial charge in [-0.1, -0.05) is 30.3 Å². The summed E-state index contributed by atoms with van der Waals surface area (Å²) in [6.45, 7) is 1.61. The van der Waals surface area contributed by atoms with Crippen LogP contribution in [0.5, 0.6) is 5.75 Å². The van der Waals surface area contributed by atoms with E-state index in [4.69, 9.17) is 4.74 Å². The molecule has 1 aliphatic rings. The summed E-state index contributed by atoms with van der Waals surface area (Å²) in [5, 5.41) is 3.51. The van der Waals surface area contributed by atoms with Gasteiger partial charge in [-0.2, -0.15) is 0 Å². The highest BCUT2D eigenvalue weighted by Gasteiger charge is 2.19. The van der Waals surface area contributed by atoms with Gasteiger partial charge in [-0.05, 0) is 36.7 Å². The molecule has 1 aliphatic heterocycles. The van der Waals surface area contributed by atoms with E-state index in [0.29, 0.717) is 0 Å². The number of benzene rings is 2. The molecule has 1 N–H and O–H groups in total. The Balaban J connectivity index is 2.02. The molecular formula is C16H16FNO. The van der Waals surface area contributed by atoms with Gasteiger partial charge in [0.05, 0.1) is 12.6 Å². The number of hydrogen-bond donors (Lipinski definition) is 1. The smallest absolute Gasteiger partial charge is 0.124 e. The van der Waals surface area contributed by atoms with Gasteiger partial charge in [-0.15, -0.1) is 0 Å². The van der Waals surface area contributed by atoms with Crippen LogP contribution in [0.4, 0.5) is 4.39 Å². The molecular weight excluding hydrogens is 241 g/mol. The van der Waals surface area contributed by atoms with Crippen LogP contribution in [0.2, 0.25) is 0 Å². The first-order valence-electron chi connectivity index (χ1n) is 6.55. The number of rotatable bonds is 1. The van der Waals surface area contributed by atoms with Gasteiger partial charge in [-0.25, -0.2) is 4.39 Å². The average molecular weight is 257 g/mol. The van der Waals surface area contributed by atoms with Crippen LogP contribution < -0.4 is 10.1 Å². The zero-order valence-corrected chi connectivity index (χ0v) is 10.6. The van der Waals surface area contributed by atoms with E-state index in [2.05, 4.69) is 11.4 Å². The second-order valence-corrected chi connectivity index (χ2v) is 4.68. The number of ether oxygens (including phenoxy) is 1. The zero-order chi connectivity index (χ0) is 13.1. The van der Waals surface area contributed by atoms with Gasteiger partial charge in [-0.3, -0.25) is 0 Å². The van der Waals surface area contributed by atoms with Gasteiger partial charge in [0, 0.05) is 5.56 Å². The van der Waals surface area contributed by atoms with Crippen LogP contribution in [0.15, 0.2) is 48.5 Å². The van der Waals surface area contributed by atoms with E-state index in [0.717, 1.165) is 36.4 Å². The van der Waals surface area contributed by atoms with Crippen molar-refractivity contribution in [3.63, 3.8) is 0 Å². The van der Waals surface area contributed by atoms with Crippen molar-refractivity contribution in [1.29, 1.82) is 0 Å². The SMILES string of the molecule is Fc1ccc(C2NCCCOc3ccccc32)cc1. The lowest BCUT2D eigenvalue weighted by Gasteiger charge is -2.25. The summed E-state index contributed by atoms with van der Waals surface area (Å²) in [5.74, 6) is 0.697. The number of fused-ring (bicyclic) bond motifs is 1. The maximum Gasteiger partial charge on any atom is 0.124 e. The van der Waals surface area contributed by atoms with E-state index in [1.54, 1.807) is 0 Å². The molecule has 0 spiro atoms. The summed E-state index contributed by atoms with van der Waals surface area (Å²) >= 11 is 0. The minimum Gasteiger partial charge on any atom is -0.493 e. The van der Waals surface area contributed by atoms with Crippen molar-refractivity contribution in [1.82, 2.24) is 5.32 Å². The highest BCUT2D eigenvalue weighted by atomic mass is 19.1. The number of nitrogens with one attached hydrogen (secondary N) is 1. The van der Waals surface area contributed by atoms with Gasteiger partial charge in [0.2, 0.25) is 0 Å². The molecule has 0 saturated carbocycles. The Hall–Kier alpha value is -1.87. The third-order valence-electron chi connectivity index (χ3n) is 3.36. The quantitative estimate of drug-likeness (QED) is 0.846. The van der Waals surface area contributed by atoms with Gasteiger partial charge in [0.15, 0.2) is 0 Å². The Labute approximate surface area is 112 Å². The maximum absolute atomic E-state index is 13.0. The first-order chi connectivity index (χ1) is 9.34. The first-order valence-corrected chi connectivity index (χ1v) is 6.55. The van der Waals surface area contributed by atoms with Crippen molar-refractivity contribution in [2.75, 3.05) is 13.2 Å². The van der Waals surface area contributed by atoms with Crippen molar-refractivity contribution in [2.45, 2.75) is 12.5 Å². The molecule has 0 aromatic heterocycles. The number of hydrogen-bond acceptors (Lipinski definition) is 2. The molecule has 0 radical (unpaired) electrons. The van der Waals surface area contributed by atoms with E-state index in [1.807, 2.05) is 30.3 Å². The fourth-order valence-corrected chi connectivity index (χ4v) is 2.41. The summed E-state index contributed by atoms with van der Waals surface area (Å²) in [4.78, 5) is 0.